The Bertz CT molecular complexity index is 830. The van der Waals surface area contributed by atoms with Crippen LogP contribution in [0.4, 0.5) is 4.39 Å². The van der Waals surface area contributed by atoms with Crippen molar-refractivity contribution in [1.82, 2.24) is 4.90 Å². The zero-order chi connectivity index (χ0) is 18.4. The molecular formula is C21H20FNO3. The summed E-state index contributed by atoms with van der Waals surface area (Å²) in [5.41, 5.74) is 1.57. The molecule has 0 bridgehead atoms. The summed E-state index contributed by atoms with van der Waals surface area (Å²) in [5, 5.41) is 8.99. The Labute approximate surface area is 151 Å². The van der Waals surface area contributed by atoms with Crippen LogP contribution in [0.5, 0.6) is 0 Å². The van der Waals surface area contributed by atoms with Crippen LogP contribution in [0.2, 0.25) is 0 Å². The fraction of sp³-hybridized carbons (Fsp3) is 0.190. The third kappa shape index (κ3) is 4.58. The van der Waals surface area contributed by atoms with Crippen molar-refractivity contribution in [1.29, 1.82) is 0 Å². The highest BCUT2D eigenvalue weighted by atomic mass is 19.1. The molecule has 134 valence electrons. The average Bonchev–Trinajstić information content (AvgIpc) is 2.68. The van der Waals surface area contributed by atoms with E-state index in [1.54, 1.807) is 6.20 Å². The second-order valence-electron chi connectivity index (χ2n) is 6.01. The Morgan fingerprint density at radius 1 is 1.19 bits per heavy atom. The molecule has 0 atom stereocenters. The summed E-state index contributed by atoms with van der Waals surface area (Å²) in [7, 11) is 0. The number of aliphatic hydroxyl groups excluding tert-OH is 1. The van der Waals surface area contributed by atoms with Crippen LogP contribution in [0.3, 0.4) is 0 Å². The number of allylic oxidation sites excluding steroid dienone is 1. The number of ketones is 1. The summed E-state index contributed by atoms with van der Waals surface area (Å²) in [6, 6.07) is 14.0. The number of carbonyl (C=O) groups is 1. The second-order valence-corrected chi connectivity index (χ2v) is 6.01. The Hall–Kier alpha value is -2.92. The molecule has 1 aliphatic heterocycles. The van der Waals surface area contributed by atoms with Gasteiger partial charge in [-0.05, 0) is 23.8 Å². The van der Waals surface area contributed by atoms with Gasteiger partial charge in [0.2, 0.25) is 0 Å². The van der Waals surface area contributed by atoms with Gasteiger partial charge in [-0.15, -0.1) is 0 Å². The number of nitrogens with zero attached hydrogens (tertiary/aromatic N) is 1. The maximum absolute atomic E-state index is 13.7. The summed E-state index contributed by atoms with van der Waals surface area (Å²) in [5.74, 6) is 0.0139. The van der Waals surface area contributed by atoms with Gasteiger partial charge in [0, 0.05) is 23.9 Å². The first-order valence-corrected chi connectivity index (χ1v) is 8.37. The van der Waals surface area contributed by atoms with Crippen molar-refractivity contribution >= 4 is 5.78 Å². The minimum absolute atomic E-state index is 0.150. The molecule has 1 heterocycles. The highest BCUT2D eigenvalue weighted by Crippen LogP contribution is 2.14. The monoisotopic (exact) mass is 353 g/mol. The van der Waals surface area contributed by atoms with E-state index in [0.29, 0.717) is 18.7 Å². The first-order chi connectivity index (χ1) is 12.7. The van der Waals surface area contributed by atoms with Crippen LogP contribution in [0.25, 0.3) is 0 Å². The van der Waals surface area contributed by atoms with Gasteiger partial charge in [0.1, 0.15) is 18.2 Å². The number of ether oxygens (including phenoxy) is 1. The van der Waals surface area contributed by atoms with Crippen molar-refractivity contribution in [3.63, 3.8) is 0 Å². The molecule has 0 spiro atoms. The van der Waals surface area contributed by atoms with Crippen LogP contribution in [0.1, 0.15) is 21.5 Å². The lowest BCUT2D eigenvalue weighted by Gasteiger charge is -2.22. The topological polar surface area (TPSA) is 49.8 Å². The second kappa shape index (κ2) is 8.45. The lowest BCUT2D eigenvalue weighted by molar-refractivity contribution is 0.0956. The number of Topliss-reactive ketones (excluding diaryl/α,β-unsaturated/α-hetero) is 1. The molecule has 1 N–H and O–H groups in total. The molecule has 1 aliphatic rings. The molecule has 2 aromatic rings. The largest absolute Gasteiger partial charge is 0.489 e. The van der Waals surface area contributed by atoms with E-state index in [-0.39, 0.29) is 24.5 Å². The Balaban J connectivity index is 1.52. The van der Waals surface area contributed by atoms with Crippen molar-refractivity contribution in [2.45, 2.75) is 13.2 Å². The fourth-order valence-corrected chi connectivity index (χ4v) is 2.60. The van der Waals surface area contributed by atoms with Crippen molar-refractivity contribution in [2.75, 3.05) is 13.1 Å². The average molecular weight is 353 g/mol. The molecule has 0 fully saturated rings. The molecule has 0 amide bonds. The molecule has 0 saturated carbocycles. The summed E-state index contributed by atoms with van der Waals surface area (Å²) < 4.78 is 19.4. The molecule has 2 aromatic carbocycles. The summed E-state index contributed by atoms with van der Waals surface area (Å²) in [4.78, 5) is 14.1. The smallest absolute Gasteiger partial charge is 0.182 e. The predicted octanol–water partition coefficient (Wildman–Crippen LogP) is 3.43. The number of aliphatic hydroxyl groups is 1. The molecule has 0 radical (unpaired) electrons. The lowest BCUT2D eigenvalue weighted by Crippen LogP contribution is -2.27. The summed E-state index contributed by atoms with van der Waals surface area (Å²) in [6.07, 6.45) is 5.53. The molecule has 0 saturated heterocycles. The van der Waals surface area contributed by atoms with Crippen molar-refractivity contribution in [3.8, 4) is 0 Å². The first kappa shape index (κ1) is 17.9. The third-order valence-electron chi connectivity index (χ3n) is 4.12. The van der Waals surface area contributed by atoms with E-state index >= 15 is 0 Å². The number of rotatable bonds is 7. The van der Waals surface area contributed by atoms with Crippen molar-refractivity contribution < 1.29 is 19.0 Å². The van der Waals surface area contributed by atoms with Crippen LogP contribution >= 0.6 is 0 Å². The summed E-state index contributed by atoms with van der Waals surface area (Å²) >= 11 is 0. The predicted molar refractivity (Wildman–Crippen MR) is 96.7 cm³/mol. The van der Waals surface area contributed by atoms with Gasteiger partial charge in [0.05, 0.1) is 13.2 Å². The van der Waals surface area contributed by atoms with E-state index in [2.05, 4.69) is 0 Å². The quantitative estimate of drug-likeness (QED) is 0.775. The Morgan fingerprint density at radius 3 is 2.65 bits per heavy atom. The van der Waals surface area contributed by atoms with E-state index in [1.165, 1.54) is 18.2 Å². The van der Waals surface area contributed by atoms with Crippen LogP contribution in [-0.2, 0) is 18.0 Å². The standard InChI is InChI=1S/C21H20FNO3/c22-20-12-17(6-7-18(20)14-24)21(25)13-23-10-8-19(9-11-23)26-15-16-4-2-1-3-5-16/h1-10,12,24H,11,13-15H2. The number of benzene rings is 2. The summed E-state index contributed by atoms with van der Waals surface area (Å²) in [6.45, 7) is 0.804. The molecule has 4 nitrogen and oxygen atoms in total. The maximum atomic E-state index is 13.7. The highest BCUT2D eigenvalue weighted by molar-refractivity contribution is 5.97. The SMILES string of the molecule is O=C(CN1C=CC(OCc2ccccc2)=CC1)c1ccc(CO)c(F)c1. The van der Waals surface area contributed by atoms with Gasteiger partial charge in [-0.25, -0.2) is 4.39 Å². The van der Waals surface area contributed by atoms with E-state index in [4.69, 9.17) is 9.84 Å². The lowest BCUT2D eigenvalue weighted by atomic mass is 10.1. The molecule has 26 heavy (non-hydrogen) atoms. The van der Waals surface area contributed by atoms with Crippen LogP contribution in [0, 0.1) is 5.82 Å². The van der Waals surface area contributed by atoms with Crippen molar-refractivity contribution in [2.24, 2.45) is 0 Å². The van der Waals surface area contributed by atoms with Crippen LogP contribution in [0.15, 0.2) is 72.6 Å². The third-order valence-corrected chi connectivity index (χ3v) is 4.12. The van der Waals surface area contributed by atoms with Gasteiger partial charge in [-0.2, -0.15) is 0 Å². The molecule has 0 aliphatic carbocycles. The van der Waals surface area contributed by atoms with Gasteiger partial charge in [0.15, 0.2) is 5.78 Å². The van der Waals surface area contributed by atoms with Crippen LogP contribution < -0.4 is 0 Å². The minimum atomic E-state index is -0.566. The molecular weight excluding hydrogens is 333 g/mol. The highest BCUT2D eigenvalue weighted by Gasteiger charge is 2.14. The first-order valence-electron chi connectivity index (χ1n) is 8.37. The van der Waals surface area contributed by atoms with E-state index < -0.39 is 5.82 Å². The fourth-order valence-electron chi connectivity index (χ4n) is 2.60. The molecule has 0 aromatic heterocycles. The number of carbonyl (C=O) groups excluding carboxylic acids is 1. The van der Waals surface area contributed by atoms with Gasteiger partial charge < -0.3 is 14.7 Å². The molecule has 0 unspecified atom stereocenters. The number of halogens is 1. The molecule has 3 rings (SSSR count). The Morgan fingerprint density at radius 2 is 2.00 bits per heavy atom. The van der Waals surface area contributed by atoms with Gasteiger partial charge >= 0.3 is 0 Å². The van der Waals surface area contributed by atoms with Crippen molar-refractivity contribution in [3.05, 3.63) is 95.1 Å². The number of hydrogen-bond donors (Lipinski definition) is 1. The van der Waals surface area contributed by atoms with E-state index in [0.717, 1.165) is 11.3 Å². The van der Waals surface area contributed by atoms with Gasteiger partial charge in [-0.3, -0.25) is 4.79 Å². The van der Waals surface area contributed by atoms with Crippen LogP contribution in [-0.4, -0.2) is 28.9 Å². The molecule has 5 heteroatoms. The normalized spacial score (nSPS) is 13.5. The zero-order valence-corrected chi connectivity index (χ0v) is 14.3. The zero-order valence-electron chi connectivity index (χ0n) is 14.3. The number of hydrogen-bond acceptors (Lipinski definition) is 4. The van der Waals surface area contributed by atoms with E-state index in [9.17, 15) is 9.18 Å². The minimum Gasteiger partial charge on any atom is -0.489 e. The van der Waals surface area contributed by atoms with E-state index in [1.807, 2.05) is 47.4 Å². The van der Waals surface area contributed by atoms with Gasteiger partial charge in [-0.1, -0.05) is 42.5 Å². The maximum Gasteiger partial charge on any atom is 0.182 e. The Kier molecular flexibility index (Phi) is 5.81. The van der Waals surface area contributed by atoms with Gasteiger partial charge in [0.25, 0.3) is 0 Å².